The van der Waals surface area contributed by atoms with Crippen LogP contribution < -0.4 is 10.0 Å². The summed E-state index contributed by atoms with van der Waals surface area (Å²) in [5.41, 5.74) is 3.28. The van der Waals surface area contributed by atoms with Crippen LogP contribution >= 0.6 is 0 Å². The molecule has 1 amide bonds. The predicted octanol–water partition coefficient (Wildman–Crippen LogP) is 2.11. The van der Waals surface area contributed by atoms with Gasteiger partial charge in [0.1, 0.15) is 0 Å². The number of carbonyl (C=O) groups excluding carboxylic acids is 1. The zero-order chi connectivity index (χ0) is 17.1. The van der Waals surface area contributed by atoms with Crippen LogP contribution in [0.25, 0.3) is 0 Å². The number of carbonyl (C=O) groups is 1. The second-order valence-electron chi connectivity index (χ2n) is 5.72. The molecule has 0 fully saturated rings. The first-order valence-corrected chi connectivity index (χ1v) is 8.97. The number of rotatable bonds is 6. The molecule has 0 saturated carbocycles. The average Bonchev–Trinajstić information content (AvgIpc) is 2.41. The number of benzene rings is 1. The lowest BCUT2D eigenvalue weighted by molar-refractivity contribution is -0.122. The average molecular weight is 326 g/mol. The lowest BCUT2D eigenvalue weighted by atomic mass is 10.0. The van der Waals surface area contributed by atoms with Gasteiger partial charge in [0.05, 0.1) is 10.9 Å². The molecule has 0 aliphatic carbocycles. The quantitative estimate of drug-likeness (QED) is 0.841. The maximum atomic E-state index is 12.7. The fourth-order valence-electron chi connectivity index (χ4n) is 2.33. The summed E-state index contributed by atoms with van der Waals surface area (Å²) in [5.74, 6) is -0.315. The van der Waals surface area contributed by atoms with E-state index in [1.807, 2.05) is 26.8 Å². The second-order valence-corrected chi connectivity index (χ2v) is 7.37. The van der Waals surface area contributed by atoms with Crippen LogP contribution in [-0.2, 0) is 14.8 Å². The van der Waals surface area contributed by atoms with Crippen LogP contribution in [0.15, 0.2) is 11.0 Å². The fourth-order valence-corrected chi connectivity index (χ4v) is 4.15. The molecule has 2 N–H and O–H groups in total. The number of hydrogen-bond acceptors (Lipinski definition) is 3. The molecule has 0 bridgehead atoms. The first-order chi connectivity index (χ1) is 10.1. The van der Waals surface area contributed by atoms with Crippen molar-refractivity contribution in [1.82, 2.24) is 10.0 Å². The Morgan fingerprint density at radius 3 is 2.09 bits per heavy atom. The highest BCUT2D eigenvalue weighted by Gasteiger charge is 2.26. The molecule has 0 spiro atoms. The Hall–Kier alpha value is -1.40. The number of nitrogens with one attached hydrogen (secondary N) is 2. The third-order valence-electron chi connectivity index (χ3n) is 3.84. The van der Waals surface area contributed by atoms with Crippen LogP contribution in [0.2, 0.25) is 0 Å². The van der Waals surface area contributed by atoms with Gasteiger partial charge in [0, 0.05) is 6.54 Å². The van der Waals surface area contributed by atoms with Gasteiger partial charge in [-0.25, -0.2) is 8.42 Å². The van der Waals surface area contributed by atoms with Gasteiger partial charge in [-0.2, -0.15) is 4.72 Å². The van der Waals surface area contributed by atoms with Crippen LogP contribution in [0.1, 0.15) is 42.5 Å². The molecule has 6 heteroatoms. The van der Waals surface area contributed by atoms with E-state index in [0.717, 1.165) is 28.7 Å². The molecule has 1 aromatic rings. The summed E-state index contributed by atoms with van der Waals surface area (Å²) in [6.07, 6.45) is 0.806. The van der Waals surface area contributed by atoms with E-state index < -0.39 is 16.1 Å². The summed E-state index contributed by atoms with van der Waals surface area (Å²) in [4.78, 5) is 12.2. The van der Waals surface area contributed by atoms with Gasteiger partial charge in [0.25, 0.3) is 0 Å². The molecular weight excluding hydrogens is 300 g/mol. The summed E-state index contributed by atoms with van der Waals surface area (Å²) in [6.45, 7) is 11.4. The van der Waals surface area contributed by atoms with Crippen LogP contribution in [0.5, 0.6) is 0 Å². The Morgan fingerprint density at radius 2 is 1.64 bits per heavy atom. The molecule has 0 aromatic heterocycles. The summed E-state index contributed by atoms with van der Waals surface area (Å²) >= 11 is 0. The molecule has 0 aliphatic heterocycles. The number of hydrogen-bond donors (Lipinski definition) is 2. The van der Waals surface area contributed by atoms with E-state index in [4.69, 9.17) is 0 Å². The summed E-state index contributed by atoms with van der Waals surface area (Å²) in [6, 6.07) is 1.16. The molecule has 1 aromatic carbocycles. The van der Waals surface area contributed by atoms with Crippen LogP contribution in [-0.4, -0.2) is 26.9 Å². The van der Waals surface area contributed by atoms with E-state index in [1.165, 1.54) is 0 Å². The molecule has 0 aliphatic rings. The highest BCUT2D eigenvalue weighted by Crippen LogP contribution is 2.26. The van der Waals surface area contributed by atoms with Crippen molar-refractivity contribution in [2.45, 2.75) is 58.9 Å². The highest BCUT2D eigenvalue weighted by molar-refractivity contribution is 7.89. The lowest BCUT2D eigenvalue weighted by Crippen LogP contribution is -2.45. The van der Waals surface area contributed by atoms with E-state index in [9.17, 15) is 13.2 Å². The van der Waals surface area contributed by atoms with Crippen molar-refractivity contribution in [2.75, 3.05) is 6.54 Å². The number of amides is 1. The summed E-state index contributed by atoms with van der Waals surface area (Å²) in [5, 5.41) is 2.69. The molecule has 0 saturated heterocycles. The number of aryl methyl sites for hydroxylation is 2. The lowest BCUT2D eigenvalue weighted by Gasteiger charge is -2.19. The van der Waals surface area contributed by atoms with Crippen molar-refractivity contribution >= 4 is 15.9 Å². The highest BCUT2D eigenvalue weighted by atomic mass is 32.2. The van der Waals surface area contributed by atoms with Gasteiger partial charge >= 0.3 is 0 Å². The van der Waals surface area contributed by atoms with Crippen LogP contribution in [0, 0.1) is 27.7 Å². The Kier molecular flexibility index (Phi) is 6.14. The normalized spacial score (nSPS) is 13.0. The standard InChI is InChI=1S/C16H26N2O3S/c1-7-8-17-16(19)14(6)18-22(20,21)15-12(4)10(2)9-11(3)13(15)5/h9,14,18H,7-8H2,1-6H3,(H,17,19)/t14-/m0/s1. The van der Waals surface area contributed by atoms with E-state index >= 15 is 0 Å². The van der Waals surface area contributed by atoms with Gasteiger partial charge < -0.3 is 5.32 Å². The van der Waals surface area contributed by atoms with Gasteiger partial charge in [-0.3, -0.25) is 4.79 Å². The molecule has 5 nitrogen and oxygen atoms in total. The third-order valence-corrected chi connectivity index (χ3v) is 5.65. The van der Waals surface area contributed by atoms with E-state index in [1.54, 1.807) is 20.8 Å². The topological polar surface area (TPSA) is 75.3 Å². The zero-order valence-electron chi connectivity index (χ0n) is 14.2. The van der Waals surface area contributed by atoms with Crippen molar-refractivity contribution < 1.29 is 13.2 Å². The smallest absolute Gasteiger partial charge is 0.241 e. The Balaban J connectivity index is 3.13. The Morgan fingerprint density at radius 1 is 1.14 bits per heavy atom. The van der Waals surface area contributed by atoms with Gasteiger partial charge in [0.15, 0.2) is 0 Å². The van der Waals surface area contributed by atoms with Gasteiger partial charge in [-0.15, -0.1) is 0 Å². The molecule has 0 unspecified atom stereocenters. The van der Waals surface area contributed by atoms with Crippen molar-refractivity contribution in [1.29, 1.82) is 0 Å². The van der Waals surface area contributed by atoms with E-state index in [-0.39, 0.29) is 10.8 Å². The molecule has 1 rings (SSSR count). The Labute approximate surface area is 133 Å². The van der Waals surface area contributed by atoms with E-state index in [2.05, 4.69) is 10.0 Å². The first kappa shape index (κ1) is 18.6. The summed E-state index contributed by atoms with van der Waals surface area (Å²) in [7, 11) is -3.75. The largest absolute Gasteiger partial charge is 0.355 e. The maximum absolute atomic E-state index is 12.7. The SMILES string of the molecule is CCCNC(=O)[C@H](C)NS(=O)(=O)c1c(C)c(C)cc(C)c1C. The van der Waals surface area contributed by atoms with E-state index in [0.29, 0.717) is 6.54 Å². The Bertz CT molecular complexity index is 640. The van der Waals surface area contributed by atoms with Crippen molar-refractivity contribution in [2.24, 2.45) is 0 Å². The van der Waals surface area contributed by atoms with Gasteiger partial charge in [-0.1, -0.05) is 13.0 Å². The minimum atomic E-state index is -3.75. The fraction of sp³-hybridized carbons (Fsp3) is 0.562. The monoisotopic (exact) mass is 326 g/mol. The second kappa shape index (κ2) is 7.24. The molecule has 22 heavy (non-hydrogen) atoms. The zero-order valence-corrected chi connectivity index (χ0v) is 15.0. The maximum Gasteiger partial charge on any atom is 0.241 e. The van der Waals surface area contributed by atoms with Gasteiger partial charge in [-0.05, 0) is 63.3 Å². The molecule has 1 atom stereocenters. The molecule has 0 radical (unpaired) electrons. The van der Waals surface area contributed by atoms with Gasteiger partial charge in [0.2, 0.25) is 15.9 Å². The molecular formula is C16H26N2O3S. The van der Waals surface area contributed by atoms with Crippen molar-refractivity contribution in [3.8, 4) is 0 Å². The third kappa shape index (κ3) is 4.08. The first-order valence-electron chi connectivity index (χ1n) is 7.49. The van der Waals surface area contributed by atoms with Crippen LogP contribution in [0.4, 0.5) is 0 Å². The van der Waals surface area contributed by atoms with Crippen LogP contribution in [0.3, 0.4) is 0 Å². The summed E-state index contributed by atoms with van der Waals surface area (Å²) < 4.78 is 27.8. The number of sulfonamides is 1. The minimum absolute atomic E-state index is 0.278. The van der Waals surface area contributed by atoms with Crippen molar-refractivity contribution in [3.05, 3.63) is 28.3 Å². The molecule has 0 heterocycles. The predicted molar refractivity (Wildman–Crippen MR) is 88.5 cm³/mol. The van der Waals surface area contributed by atoms with Crippen molar-refractivity contribution in [3.63, 3.8) is 0 Å². The molecule has 124 valence electrons. The minimum Gasteiger partial charge on any atom is -0.355 e.